The number of carbonyl (C=O) groups is 2. The summed E-state index contributed by atoms with van der Waals surface area (Å²) in [6.07, 6.45) is 7.81. The first-order valence-electron chi connectivity index (χ1n) is 11.6. The predicted molar refractivity (Wildman–Crippen MR) is 119 cm³/mol. The first kappa shape index (κ1) is 26.1. The molecular formula is C23H42O5Si. The Kier molecular flexibility index (Phi) is 12.0. The molecule has 0 radical (unpaired) electrons. The standard InChI is InChI=1S/C23H42O5Si/c1-6-11-12-13-18(28-29(8-3,9-4)10-5)14-15-19-20(16-23(26)27-7-2)22(25)17-21(19)24/h14-15,18-21,24H,6-13,16-17H2,1-5H3/b15-14+/t18-,19+,20+,21+/m0/s1. The van der Waals surface area contributed by atoms with Crippen molar-refractivity contribution >= 4 is 20.1 Å². The minimum Gasteiger partial charge on any atom is -0.466 e. The molecule has 0 spiro atoms. The lowest BCUT2D eigenvalue weighted by molar-refractivity contribution is -0.146. The average Bonchev–Trinajstić information content (AvgIpc) is 2.96. The van der Waals surface area contributed by atoms with Crippen LogP contribution in [-0.4, -0.2) is 44.0 Å². The van der Waals surface area contributed by atoms with Crippen LogP contribution in [0, 0.1) is 11.8 Å². The molecule has 0 unspecified atom stereocenters. The van der Waals surface area contributed by atoms with E-state index in [1.54, 1.807) is 6.92 Å². The second-order valence-corrected chi connectivity index (χ2v) is 12.9. The van der Waals surface area contributed by atoms with E-state index >= 15 is 0 Å². The molecule has 6 heteroatoms. The summed E-state index contributed by atoms with van der Waals surface area (Å²) in [6, 6.07) is 3.27. The molecule has 1 rings (SSSR count). The van der Waals surface area contributed by atoms with Crippen LogP contribution in [0.15, 0.2) is 12.2 Å². The highest BCUT2D eigenvalue weighted by atomic mass is 28.4. The molecule has 168 valence electrons. The van der Waals surface area contributed by atoms with Crippen molar-refractivity contribution in [1.82, 2.24) is 0 Å². The molecule has 0 aromatic rings. The molecule has 5 nitrogen and oxygen atoms in total. The molecule has 1 N–H and O–H groups in total. The molecule has 1 saturated carbocycles. The van der Waals surface area contributed by atoms with Gasteiger partial charge in [-0.05, 0) is 31.5 Å². The number of unbranched alkanes of at least 4 members (excludes halogenated alkanes) is 2. The number of hydrogen-bond donors (Lipinski definition) is 1. The summed E-state index contributed by atoms with van der Waals surface area (Å²) in [5.74, 6) is -1.27. The van der Waals surface area contributed by atoms with Crippen molar-refractivity contribution in [2.24, 2.45) is 11.8 Å². The van der Waals surface area contributed by atoms with Crippen molar-refractivity contribution in [3.05, 3.63) is 12.2 Å². The molecule has 1 fully saturated rings. The largest absolute Gasteiger partial charge is 0.466 e. The van der Waals surface area contributed by atoms with Crippen LogP contribution in [0.1, 0.15) is 73.1 Å². The quantitative estimate of drug-likeness (QED) is 0.182. The van der Waals surface area contributed by atoms with Crippen molar-refractivity contribution in [3.8, 4) is 0 Å². The molecule has 0 amide bonds. The number of ether oxygens (including phenoxy) is 1. The summed E-state index contributed by atoms with van der Waals surface area (Å²) in [6.45, 7) is 10.9. The maximum atomic E-state index is 12.3. The zero-order valence-electron chi connectivity index (χ0n) is 19.1. The number of carbonyl (C=O) groups excluding carboxylic acids is 2. The third kappa shape index (κ3) is 7.98. The maximum absolute atomic E-state index is 12.3. The fraction of sp³-hybridized carbons (Fsp3) is 0.826. The van der Waals surface area contributed by atoms with Crippen molar-refractivity contribution in [3.63, 3.8) is 0 Å². The number of rotatable bonds is 14. The van der Waals surface area contributed by atoms with Gasteiger partial charge in [0.25, 0.3) is 0 Å². The van der Waals surface area contributed by atoms with Crippen molar-refractivity contribution in [2.45, 2.75) is 103 Å². The Morgan fingerprint density at radius 2 is 1.83 bits per heavy atom. The third-order valence-corrected chi connectivity index (χ3v) is 11.1. The number of aliphatic hydroxyl groups excluding tert-OH is 1. The van der Waals surface area contributed by atoms with E-state index in [0.29, 0.717) is 6.61 Å². The summed E-state index contributed by atoms with van der Waals surface area (Å²) in [7, 11) is -1.76. The lowest BCUT2D eigenvalue weighted by Crippen LogP contribution is -2.39. The van der Waals surface area contributed by atoms with Crippen molar-refractivity contribution in [2.75, 3.05) is 6.61 Å². The minimum atomic E-state index is -1.76. The van der Waals surface area contributed by atoms with Gasteiger partial charge in [-0.1, -0.05) is 59.1 Å². The van der Waals surface area contributed by atoms with E-state index in [2.05, 4.69) is 33.8 Å². The summed E-state index contributed by atoms with van der Waals surface area (Å²) in [5, 5.41) is 10.4. The molecule has 0 aromatic heterocycles. The Bertz CT molecular complexity index is 521. The molecule has 1 aliphatic carbocycles. The van der Waals surface area contributed by atoms with Crippen LogP contribution < -0.4 is 0 Å². The molecule has 0 aromatic carbocycles. The fourth-order valence-corrected chi connectivity index (χ4v) is 7.09. The van der Waals surface area contributed by atoms with Gasteiger partial charge in [-0.3, -0.25) is 9.59 Å². The molecule has 0 heterocycles. The van der Waals surface area contributed by atoms with E-state index in [-0.39, 0.29) is 36.6 Å². The zero-order valence-corrected chi connectivity index (χ0v) is 20.1. The smallest absolute Gasteiger partial charge is 0.306 e. The first-order valence-corrected chi connectivity index (χ1v) is 14.1. The van der Waals surface area contributed by atoms with Gasteiger partial charge < -0.3 is 14.3 Å². The van der Waals surface area contributed by atoms with Gasteiger partial charge in [-0.2, -0.15) is 0 Å². The minimum absolute atomic E-state index is 0.0132. The van der Waals surface area contributed by atoms with E-state index < -0.39 is 20.3 Å². The Hall–Kier alpha value is -0.983. The van der Waals surface area contributed by atoms with E-state index in [4.69, 9.17) is 9.16 Å². The Labute approximate surface area is 178 Å². The highest BCUT2D eigenvalue weighted by molar-refractivity contribution is 6.73. The summed E-state index contributed by atoms with van der Waals surface area (Å²) >= 11 is 0. The molecule has 0 bridgehead atoms. The summed E-state index contributed by atoms with van der Waals surface area (Å²) < 4.78 is 11.7. The highest BCUT2D eigenvalue weighted by Gasteiger charge is 2.41. The number of aliphatic hydroxyl groups is 1. The fourth-order valence-electron chi connectivity index (χ4n) is 4.25. The normalized spacial score (nSPS) is 23.7. The Balaban J connectivity index is 2.95. The van der Waals surface area contributed by atoms with Crippen LogP contribution in [-0.2, 0) is 18.8 Å². The van der Waals surface area contributed by atoms with Gasteiger partial charge in [0.1, 0.15) is 5.78 Å². The average molecular weight is 427 g/mol. The lowest BCUT2D eigenvalue weighted by atomic mass is 9.90. The van der Waals surface area contributed by atoms with Gasteiger partial charge in [0, 0.05) is 18.3 Å². The van der Waals surface area contributed by atoms with Crippen LogP contribution >= 0.6 is 0 Å². The van der Waals surface area contributed by atoms with Crippen LogP contribution in [0.5, 0.6) is 0 Å². The van der Waals surface area contributed by atoms with E-state index in [9.17, 15) is 14.7 Å². The Morgan fingerprint density at radius 1 is 1.17 bits per heavy atom. The van der Waals surface area contributed by atoms with Gasteiger partial charge in [0.05, 0.1) is 25.2 Å². The van der Waals surface area contributed by atoms with Gasteiger partial charge in [0.15, 0.2) is 8.32 Å². The van der Waals surface area contributed by atoms with Crippen LogP contribution in [0.2, 0.25) is 18.1 Å². The van der Waals surface area contributed by atoms with E-state index in [1.807, 2.05) is 6.08 Å². The van der Waals surface area contributed by atoms with Gasteiger partial charge in [-0.25, -0.2) is 0 Å². The van der Waals surface area contributed by atoms with Crippen LogP contribution in [0.4, 0.5) is 0 Å². The van der Waals surface area contributed by atoms with E-state index in [1.165, 1.54) is 6.42 Å². The Morgan fingerprint density at radius 3 is 2.38 bits per heavy atom. The predicted octanol–water partition coefficient (Wildman–Crippen LogP) is 5.03. The third-order valence-electron chi connectivity index (χ3n) is 6.40. The second kappa shape index (κ2) is 13.3. The number of Topliss-reactive ketones (excluding diaryl/α,β-unsaturated/α-hetero) is 1. The molecule has 1 aliphatic rings. The maximum Gasteiger partial charge on any atom is 0.306 e. The summed E-state index contributed by atoms with van der Waals surface area (Å²) in [4.78, 5) is 24.2. The van der Waals surface area contributed by atoms with Crippen molar-refractivity contribution < 1.29 is 23.9 Å². The van der Waals surface area contributed by atoms with E-state index in [0.717, 1.165) is 37.4 Å². The van der Waals surface area contributed by atoms with Crippen LogP contribution in [0.3, 0.4) is 0 Å². The topological polar surface area (TPSA) is 72.8 Å². The van der Waals surface area contributed by atoms with Crippen molar-refractivity contribution in [1.29, 1.82) is 0 Å². The molecule has 0 saturated heterocycles. The first-order chi connectivity index (χ1) is 13.9. The highest BCUT2D eigenvalue weighted by Crippen LogP contribution is 2.34. The zero-order chi connectivity index (χ0) is 21.9. The monoisotopic (exact) mass is 426 g/mol. The van der Waals surface area contributed by atoms with Gasteiger partial charge in [0.2, 0.25) is 0 Å². The summed E-state index contributed by atoms with van der Waals surface area (Å²) in [5.41, 5.74) is 0. The number of hydrogen-bond acceptors (Lipinski definition) is 5. The van der Waals surface area contributed by atoms with Crippen LogP contribution in [0.25, 0.3) is 0 Å². The number of ketones is 1. The number of esters is 1. The second-order valence-electron chi connectivity index (χ2n) is 8.21. The molecule has 4 atom stereocenters. The van der Waals surface area contributed by atoms with Gasteiger partial charge in [-0.15, -0.1) is 0 Å². The van der Waals surface area contributed by atoms with Gasteiger partial charge >= 0.3 is 5.97 Å². The molecule has 29 heavy (non-hydrogen) atoms. The SMILES string of the molecule is CCCCC[C@@H](/C=C/[C@H]1[C@H](O)CC(=O)[C@@H]1CC(=O)OCC)O[Si](CC)(CC)CC. The lowest BCUT2D eigenvalue weighted by Gasteiger charge is -2.32. The molecule has 0 aliphatic heterocycles. The molecular weight excluding hydrogens is 384 g/mol.